The van der Waals surface area contributed by atoms with Crippen molar-refractivity contribution in [3.63, 3.8) is 0 Å². The van der Waals surface area contributed by atoms with Crippen LogP contribution in [-0.4, -0.2) is 5.97 Å². The van der Waals surface area contributed by atoms with Gasteiger partial charge in [-0.15, -0.1) is 0 Å². The Bertz CT molecular complexity index is 495. The average molecular weight is 282 g/mol. The lowest BCUT2D eigenvalue weighted by Gasteiger charge is -2.19. The number of carbonyl (C=O) groups is 1. The summed E-state index contributed by atoms with van der Waals surface area (Å²) >= 11 is 0. The highest BCUT2D eigenvalue weighted by atomic mass is 16.5. The van der Waals surface area contributed by atoms with Crippen LogP contribution in [0, 0.1) is 0 Å². The molecule has 2 aromatic carbocycles. The molecule has 0 unspecified atom stereocenters. The van der Waals surface area contributed by atoms with Gasteiger partial charge in [0.2, 0.25) is 0 Å². The van der Waals surface area contributed by atoms with E-state index in [0.29, 0.717) is 6.42 Å². The van der Waals surface area contributed by atoms with Crippen molar-refractivity contribution in [2.24, 2.45) is 0 Å². The van der Waals surface area contributed by atoms with Crippen LogP contribution in [-0.2, 0) is 9.53 Å². The smallest absolute Gasteiger partial charge is 0.306 e. The van der Waals surface area contributed by atoms with E-state index in [1.807, 2.05) is 60.7 Å². The van der Waals surface area contributed by atoms with Crippen molar-refractivity contribution < 1.29 is 9.53 Å². The molecule has 0 saturated carbocycles. The molecule has 0 saturated heterocycles. The highest BCUT2D eigenvalue weighted by Gasteiger charge is 2.18. The summed E-state index contributed by atoms with van der Waals surface area (Å²) in [5, 5.41) is 0. The molecule has 2 aromatic rings. The average Bonchev–Trinajstić information content (AvgIpc) is 2.54. The zero-order valence-corrected chi connectivity index (χ0v) is 12.5. The number of rotatable bonds is 7. The van der Waals surface area contributed by atoms with Crippen molar-refractivity contribution in [3.05, 3.63) is 71.8 Å². The third-order valence-electron chi connectivity index (χ3n) is 3.44. The number of hydrogen-bond acceptors (Lipinski definition) is 2. The molecular formula is C19H22O2. The Kier molecular flexibility index (Phi) is 6.01. The van der Waals surface area contributed by atoms with E-state index >= 15 is 0 Å². The molecule has 0 aliphatic carbocycles. The molecule has 0 atom stereocenters. The third-order valence-corrected chi connectivity index (χ3v) is 3.44. The van der Waals surface area contributed by atoms with E-state index in [0.717, 1.165) is 30.4 Å². The van der Waals surface area contributed by atoms with Gasteiger partial charge in [0.05, 0.1) is 0 Å². The highest BCUT2D eigenvalue weighted by Crippen LogP contribution is 2.26. The van der Waals surface area contributed by atoms with E-state index in [-0.39, 0.29) is 12.1 Å². The molecule has 0 heterocycles. The summed E-state index contributed by atoms with van der Waals surface area (Å²) in [5.74, 6) is -0.124. The second-order valence-electron chi connectivity index (χ2n) is 5.15. The Morgan fingerprint density at radius 2 is 1.43 bits per heavy atom. The summed E-state index contributed by atoms with van der Waals surface area (Å²) in [6.07, 6.45) is 3.24. The first-order valence-electron chi connectivity index (χ1n) is 7.60. The Morgan fingerprint density at radius 1 is 0.905 bits per heavy atom. The number of esters is 1. The van der Waals surface area contributed by atoms with Crippen molar-refractivity contribution in [1.29, 1.82) is 0 Å². The second-order valence-corrected chi connectivity index (χ2v) is 5.15. The molecule has 110 valence electrons. The fourth-order valence-electron chi connectivity index (χ4n) is 2.29. The molecule has 0 bridgehead atoms. The van der Waals surface area contributed by atoms with Gasteiger partial charge < -0.3 is 4.74 Å². The fourth-order valence-corrected chi connectivity index (χ4v) is 2.29. The summed E-state index contributed by atoms with van der Waals surface area (Å²) in [4.78, 5) is 12.1. The van der Waals surface area contributed by atoms with Crippen LogP contribution in [0.2, 0.25) is 0 Å². The Hall–Kier alpha value is -2.09. The molecule has 2 nitrogen and oxygen atoms in total. The minimum absolute atomic E-state index is 0.124. The number of ether oxygens (including phenoxy) is 1. The summed E-state index contributed by atoms with van der Waals surface area (Å²) in [6, 6.07) is 19.8. The molecule has 0 aliphatic rings. The maximum Gasteiger partial charge on any atom is 0.306 e. The molecule has 0 spiro atoms. The summed E-state index contributed by atoms with van der Waals surface area (Å²) in [5.41, 5.74) is 2.01. The Morgan fingerprint density at radius 3 is 1.90 bits per heavy atom. The third kappa shape index (κ3) is 4.75. The van der Waals surface area contributed by atoms with Crippen molar-refractivity contribution >= 4 is 5.97 Å². The Balaban J connectivity index is 2.12. The molecule has 0 fully saturated rings. The van der Waals surface area contributed by atoms with Gasteiger partial charge in [-0.1, -0.05) is 80.4 Å². The molecule has 21 heavy (non-hydrogen) atoms. The first kappa shape index (κ1) is 15.3. The van der Waals surface area contributed by atoms with Crippen LogP contribution in [0.25, 0.3) is 0 Å². The summed E-state index contributed by atoms with van der Waals surface area (Å²) in [6.45, 7) is 2.13. The van der Waals surface area contributed by atoms with Crippen molar-refractivity contribution in [1.82, 2.24) is 0 Å². The number of carbonyl (C=O) groups excluding carboxylic acids is 1. The SMILES string of the molecule is CCCCCC(=O)OC(c1ccccc1)c1ccccc1. The topological polar surface area (TPSA) is 26.3 Å². The van der Waals surface area contributed by atoms with Gasteiger partial charge in [0, 0.05) is 6.42 Å². The fraction of sp³-hybridized carbons (Fsp3) is 0.316. The first-order chi connectivity index (χ1) is 10.3. The maximum atomic E-state index is 12.1. The Labute approximate surface area is 126 Å². The monoisotopic (exact) mass is 282 g/mol. The van der Waals surface area contributed by atoms with Crippen LogP contribution < -0.4 is 0 Å². The van der Waals surface area contributed by atoms with Crippen LogP contribution in [0.15, 0.2) is 60.7 Å². The zero-order chi connectivity index (χ0) is 14.9. The number of hydrogen-bond donors (Lipinski definition) is 0. The molecule has 0 N–H and O–H groups in total. The zero-order valence-electron chi connectivity index (χ0n) is 12.5. The summed E-state index contributed by atoms with van der Waals surface area (Å²) in [7, 11) is 0. The van der Waals surface area contributed by atoms with E-state index in [4.69, 9.17) is 4.74 Å². The van der Waals surface area contributed by atoms with Gasteiger partial charge in [-0.3, -0.25) is 4.79 Å². The predicted molar refractivity (Wildman–Crippen MR) is 85.0 cm³/mol. The van der Waals surface area contributed by atoms with Gasteiger partial charge in [-0.25, -0.2) is 0 Å². The molecule has 0 aliphatic heterocycles. The van der Waals surface area contributed by atoms with Gasteiger partial charge in [0.25, 0.3) is 0 Å². The maximum absolute atomic E-state index is 12.1. The van der Waals surface area contributed by atoms with Gasteiger partial charge in [0.1, 0.15) is 0 Å². The van der Waals surface area contributed by atoms with Crippen molar-refractivity contribution in [2.75, 3.05) is 0 Å². The van der Waals surface area contributed by atoms with Crippen molar-refractivity contribution in [2.45, 2.75) is 38.7 Å². The lowest BCUT2D eigenvalue weighted by molar-refractivity contribution is -0.147. The van der Waals surface area contributed by atoms with E-state index in [9.17, 15) is 4.79 Å². The first-order valence-corrected chi connectivity index (χ1v) is 7.60. The normalized spacial score (nSPS) is 10.6. The van der Waals surface area contributed by atoms with Crippen LogP contribution in [0.5, 0.6) is 0 Å². The minimum atomic E-state index is -0.318. The van der Waals surface area contributed by atoms with Gasteiger partial charge >= 0.3 is 5.97 Å². The van der Waals surface area contributed by atoms with E-state index < -0.39 is 0 Å². The number of benzene rings is 2. The summed E-state index contributed by atoms with van der Waals surface area (Å²) < 4.78 is 5.73. The van der Waals surface area contributed by atoms with Crippen LogP contribution in [0.3, 0.4) is 0 Å². The molecular weight excluding hydrogens is 260 g/mol. The molecule has 2 heteroatoms. The molecule has 0 radical (unpaired) electrons. The van der Waals surface area contributed by atoms with Crippen LogP contribution in [0.4, 0.5) is 0 Å². The van der Waals surface area contributed by atoms with E-state index in [1.54, 1.807) is 0 Å². The van der Waals surface area contributed by atoms with E-state index in [2.05, 4.69) is 6.92 Å². The largest absolute Gasteiger partial charge is 0.453 e. The van der Waals surface area contributed by atoms with Gasteiger partial charge in [0.15, 0.2) is 6.10 Å². The quantitative estimate of drug-likeness (QED) is 0.533. The second kappa shape index (κ2) is 8.25. The van der Waals surface area contributed by atoms with E-state index in [1.165, 1.54) is 0 Å². The lowest BCUT2D eigenvalue weighted by Crippen LogP contribution is -2.12. The molecule has 0 amide bonds. The predicted octanol–water partition coefficient (Wildman–Crippen LogP) is 4.90. The molecule has 2 rings (SSSR count). The van der Waals surface area contributed by atoms with Crippen molar-refractivity contribution in [3.8, 4) is 0 Å². The molecule has 0 aromatic heterocycles. The van der Waals surface area contributed by atoms with Crippen LogP contribution >= 0.6 is 0 Å². The standard InChI is InChI=1S/C19H22O2/c1-2-3-6-15-18(20)21-19(16-11-7-4-8-12-16)17-13-9-5-10-14-17/h4-5,7-14,19H,2-3,6,15H2,1H3. The highest BCUT2D eigenvalue weighted by molar-refractivity contribution is 5.70. The lowest BCUT2D eigenvalue weighted by atomic mass is 10.0. The van der Waals surface area contributed by atoms with Crippen LogP contribution in [0.1, 0.15) is 49.8 Å². The minimum Gasteiger partial charge on any atom is -0.453 e. The van der Waals surface area contributed by atoms with Gasteiger partial charge in [-0.2, -0.15) is 0 Å². The number of unbranched alkanes of at least 4 members (excludes halogenated alkanes) is 2. The van der Waals surface area contributed by atoms with Gasteiger partial charge in [-0.05, 0) is 17.5 Å².